The number of alkyl halides is 2. The number of benzene rings is 1. The number of likely N-dealkylation sites (N-methyl/N-ethyl adjacent to an activating group) is 1. The zero-order valence-corrected chi connectivity index (χ0v) is 15.5. The number of rotatable bonds is 6. The molecule has 0 aliphatic rings. The number of hydrogen-bond acceptors (Lipinski definition) is 6. The van der Waals surface area contributed by atoms with Crippen molar-refractivity contribution >= 4 is 23.0 Å². The van der Waals surface area contributed by atoms with Crippen molar-refractivity contribution in [2.24, 2.45) is 0 Å². The van der Waals surface area contributed by atoms with Gasteiger partial charge in [-0.2, -0.15) is 19.3 Å². The van der Waals surface area contributed by atoms with Crippen molar-refractivity contribution in [3.05, 3.63) is 49.4 Å². The van der Waals surface area contributed by atoms with Crippen molar-refractivity contribution in [3.63, 3.8) is 0 Å². The second-order valence-electron chi connectivity index (χ2n) is 5.69. The van der Waals surface area contributed by atoms with Crippen LogP contribution < -0.4 is 19.5 Å². The summed E-state index contributed by atoms with van der Waals surface area (Å²) in [5, 5.41) is 18.3. The van der Waals surface area contributed by atoms with E-state index in [1.165, 1.54) is 16.7 Å². The van der Waals surface area contributed by atoms with Crippen LogP contribution in [0.1, 0.15) is 5.56 Å². The highest BCUT2D eigenvalue weighted by atomic mass is 32.1. The smallest absolute Gasteiger partial charge is 0.387 e. The number of halogens is 2. The Morgan fingerprint density at radius 2 is 2.00 bits per heavy atom. The predicted octanol–water partition coefficient (Wildman–Crippen LogP) is 1.10. The van der Waals surface area contributed by atoms with Gasteiger partial charge in [-0.1, -0.05) is 18.2 Å². The maximum atomic E-state index is 12.8. The Hall–Kier alpha value is -3.01. The van der Waals surface area contributed by atoms with Gasteiger partial charge in [0.25, 0.3) is 5.56 Å². The molecule has 0 unspecified atom stereocenters. The Kier molecular flexibility index (Phi) is 6.83. The molecule has 0 radical (unpaired) electrons. The lowest BCUT2D eigenvalue weighted by Crippen LogP contribution is -2.35. The number of ether oxygens (including phenoxy) is 1. The van der Waals surface area contributed by atoms with Crippen LogP contribution in [0.5, 0.6) is 5.75 Å². The molecule has 2 rings (SSSR count). The Labute approximate surface area is 158 Å². The average molecular weight is 390 g/mol. The molecule has 6 nitrogen and oxygen atoms in total. The highest BCUT2D eigenvalue weighted by Crippen LogP contribution is 2.20. The summed E-state index contributed by atoms with van der Waals surface area (Å²) in [5.74, 6) is -0.0635. The predicted molar refractivity (Wildman–Crippen MR) is 97.7 cm³/mol. The maximum Gasteiger partial charge on any atom is 0.387 e. The van der Waals surface area contributed by atoms with Crippen LogP contribution >= 0.6 is 11.3 Å². The van der Waals surface area contributed by atoms with Gasteiger partial charge in [0.15, 0.2) is 5.57 Å². The van der Waals surface area contributed by atoms with Crippen LogP contribution in [0.2, 0.25) is 0 Å². The van der Waals surface area contributed by atoms with Gasteiger partial charge in [0, 0.05) is 18.7 Å². The molecule has 0 bridgehead atoms. The van der Waals surface area contributed by atoms with Crippen molar-refractivity contribution in [3.8, 4) is 17.9 Å². The second-order valence-corrected chi connectivity index (χ2v) is 6.72. The van der Waals surface area contributed by atoms with Crippen LogP contribution in [0.15, 0.2) is 29.1 Å². The first-order valence-corrected chi connectivity index (χ1v) is 8.63. The van der Waals surface area contributed by atoms with E-state index in [1.807, 2.05) is 19.0 Å². The summed E-state index contributed by atoms with van der Waals surface area (Å²) in [6.07, 6.45) is 1.42. The van der Waals surface area contributed by atoms with Crippen LogP contribution in [0, 0.1) is 22.7 Å². The minimum absolute atomic E-state index is 0.0635. The minimum Gasteiger partial charge on any atom is -0.434 e. The van der Waals surface area contributed by atoms with E-state index in [-0.39, 0.29) is 27.1 Å². The topological polar surface area (TPSA) is 82.1 Å². The summed E-state index contributed by atoms with van der Waals surface area (Å²) in [6.45, 7) is -2.18. The van der Waals surface area contributed by atoms with Gasteiger partial charge in [-0.05, 0) is 26.2 Å². The van der Waals surface area contributed by atoms with E-state index >= 15 is 0 Å². The van der Waals surface area contributed by atoms with Crippen LogP contribution in [0.4, 0.5) is 8.78 Å². The molecule has 0 amide bonds. The van der Waals surface area contributed by atoms with Crippen LogP contribution in [0.25, 0.3) is 11.6 Å². The fourth-order valence-electron chi connectivity index (χ4n) is 2.27. The molecule has 0 spiro atoms. The molecule has 0 aliphatic heterocycles. The highest BCUT2D eigenvalue weighted by molar-refractivity contribution is 7.07. The van der Waals surface area contributed by atoms with E-state index in [2.05, 4.69) is 4.74 Å². The lowest BCUT2D eigenvalue weighted by atomic mass is 10.2. The lowest BCUT2D eigenvalue weighted by molar-refractivity contribution is -0.0499. The third-order valence-electron chi connectivity index (χ3n) is 3.54. The minimum atomic E-state index is -2.99. The van der Waals surface area contributed by atoms with Crippen molar-refractivity contribution < 1.29 is 13.5 Å². The fourth-order valence-corrected chi connectivity index (χ4v) is 3.34. The van der Waals surface area contributed by atoms with E-state index in [4.69, 9.17) is 0 Å². The molecular formula is C18H16F2N4O2S. The average Bonchev–Trinajstić information content (AvgIpc) is 2.91. The Balaban J connectivity index is 2.71. The van der Waals surface area contributed by atoms with Gasteiger partial charge in [0.05, 0.1) is 4.53 Å². The van der Waals surface area contributed by atoms with Gasteiger partial charge in [-0.3, -0.25) is 9.36 Å². The third kappa shape index (κ3) is 5.00. The third-order valence-corrected chi connectivity index (χ3v) is 4.67. The normalized spacial score (nSPS) is 11.5. The van der Waals surface area contributed by atoms with Gasteiger partial charge < -0.3 is 9.64 Å². The monoisotopic (exact) mass is 390 g/mol. The van der Waals surface area contributed by atoms with Crippen molar-refractivity contribution in [2.45, 2.75) is 13.2 Å². The molecule has 0 aliphatic carbocycles. The van der Waals surface area contributed by atoms with E-state index in [0.29, 0.717) is 12.1 Å². The summed E-state index contributed by atoms with van der Waals surface area (Å²) in [6, 6.07) is 9.67. The van der Waals surface area contributed by atoms with Crippen molar-refractivity contribution in [2.75, 3.05) is 20.6 Å². The molecule has 27 heavy (non-hydrogen) atoms. The Morgan fingerprint density at radius 1 is 1.33 bits per heavy atom. The van der Waals surface area contributed by atoms with Crippen LogP contribution in [0.3, 0.4) is 0 Å². The zero-order valence-electron chi connectivity index (χ0n) is 14.6. The van der Waals surface area contributed by atoms with E-state index in [1.54, 1.807) is 30.3 Å². The summed E-state index contributed by atoms with van der Waals surface area (Å²) in [7, 11) is 3.67. The molecule has 0 N–H and O–H groups in total. The number of hydrogen-bond donors (Lipinski definition) is 0. The molecule has 2 aromatic rings. The SMILES string of the molecule is CN(C)CCn1c(=C(C#N)C#N)s/c(=C/c2ccccc2OC(F)F)c1=O. The second kappa shape index (κ2) is 9.08. The van der Waals surface area contributed by atoms with Crippen molar-refractivity contribution in [1.82, 2.24) is 9.47 Å². The molecule has 0 saturated carbocycles. The summed E-state index contributed by atoms with van der Waals surface area (Å²) in [4.78, 5) is 14.6. The van der Waals surface area contributed by atoms with E-state index in [9.17, 15) is 24.1 Å². The van der Waals surface area contributed by atoms with Gasteiger partial charge >= 0.3 is 6.61 Å². The molecule has 1 aromatic heterocycles. The number of aromatic nitrogens is 1. The first-order valence-electron chi connectivity index (χ1n) is 7.81. The summed E-state index contributed by atoms with van der Waals surface area (Å²) in [5.41, 5.74) is -0.266. The molecule has 0 saturated heterocycles. The van der Waals surface area contributed by atoms with Gasteiger partial charge in [0.2, 0.25) is 0 Å². The number of nitrogens with zero attached hydrogens (tertiary/aromatic N) is 4. The molecular weight excluding hydrogens is 374 g/mol. The number of para-hydroxylation sites is 1. The summed E-state index contributed by atoms with van der Waals surface area (Å²) >= 11 is 0.969. The first kappa shape index (κ1) is 20.3. The molecule has 1 heterocycles. The standard InChI is InChI=1S/C18H16F2N4O2S/c1-23(2)7-8-24-16(25)15(27-17(24)13(10-21)11-22)9-12-5-3-4-6-14(12)26-18(19)20/h3-6,9,18H,7-8H2,1-2H3/b15-9+. The Morgan fingerprint density at radius 3 is 2.59 bits per heavy atom. The largest absolute Gasteiger partial charge is 0.434 e. The van der Waals surface area contributed by atoms with Gasteiger partial charge in [-0.15, -0.1) is 11.3 Å². The molecule has 1 aromatic carbocycles. The Bertz CT molecular complexity index is 1060. The maximum absolute atomic E-state index is 12.8. The van der Waals surface area contributed by atoms with E-state index < -0.39 is 12.2 Å². The van der Waals surface area contributed by atoms with Crippen LogP contribution in [-0.2, 0) is 6.54 Å². The zero-order chi connectivity index (χ0) is 20.0. The number of thiazole rings is 1. The van der Waals surface area contributed by atoms with Crippen LogP contribution in [-0.4, -0.2) is 36.7 Å². The number of nitriles is 2. The van der Waals surface area contributed by atoms with Crippen molar-refractivity contribution in [1.29, 1.82) is 10.5 Å². The fraction of sp³-hybridized carbons (Fsp3) is 0.278. The van der Waals surface area contributed by atoms with Gasteiger partial charge in [-0.25, -0.2) is 0 Å². The molecule has 140 valence electrons. The van der Waals surface area contributed by atoms with Gasteiger partial charge in [0.1, 0.15) is 22.6 Å². The quantitative estimate of drug-likeness (QED) is 0.738. The van der Waals surface area contributed by atoms with E-state index in [0.717, 1.165) is 11.3 Å². The first-order chi connectivity index (χ1) is 12.9. The molecule has 0 fully saturated rings. The molecule has 0 atom stereocenters. The highest BCUT2D eigenvalue weighted by Gasteiger charge is 2.12. The summed E-state index contributed by atoms with van der Waals surface area (Å²) < 4.78 is 31.5. The lowest BCUT2D eigenvalue weighted by Gasteiger charge is -2.09. The molecule has 9 heteroatoms.